The van der Waals surface area contributed by atoms with Crippen LogP contribution in [0.5, 0.6) is 5.75 Å². The maximum atomic E-state index is 12.8. The number of methoxy groups -OCH3 is 1. The van der Waals surface area contributed by atoms with Gasteiger partial charge in [-0.05, 0) is 56.7 Å². The molecule has 2 N–H and O–H groups in total. The minimum absolute atomic E-state index is 0.0668. The average Bonchev–Trinajstić information content (AvgIpc) is 2.89. The molecule has 1 amide bonds. The van der Waals surface area contributed by atoms with Crippen LogP contribution in [0.4, 0.5) is 11.4 Å². The van der Waals surface area contributed by atoms with Crippen molar-refractivity contribution in [1.29, 1.82) is 0 Å². The third-order valence-corrected chi connectivity index (χ3v) is 5.53. The summed E-state index contributed by atoms with van der Waals surface area (Å²) in [4.78, 5) is 12.2. The van der Waals surface area contributed by atoms with Gasteiger partial charge in [-0.2, -0.15) is 0 Å². The van der Waals surface area contributed by atoms with E-state index in [-0.39, 0.29) is 16.6 Å². The molecule has 0 aromatic heterocycles. The van der Waals surface area contributed by atoms with Crippen LogP contribution in [0.3, 0.4) is 0 Å². The molecule has 26 heavy (non-hydrogen) atoms. The molecule has 1 aliphatic rings. The van der Waals surface area contributed by atoms with E-state index in [9.17, 15) is 13.2 Å². The zero-order valence-corrected chi connectivity index (χ0v) is 15.8. The minimum atomic E-state index is -3.84. The van der Waals surface area contributed by atoms with Crippen molar-refractivity contribution >= 4 is 32.9 Å². The fourth-order valence-corrected chi connectivity index (χ4v) is 4.24. The predicted molar refractivity (Wildman–Crippen MR) is 102 cm³/mol. The van der Waals surface area contributed by atoms with Crippen molar-refractivity contribution in [3.63, 3.8) is 0 Å². The van der Waals surface area contributed by atoms with E-state index in [1.807, 2.05) is 20.8 Å². The number of rotatable bonds is 4. The van der Waals surface area contributed by atoms with Crippen molar-refractivity contribution < 1.29 is 17.9 Å². The highest BCUT2D eigenvalue weighted by molar-refractivity contribution is 7.92. The zero-order valence-electron chi connectivity index (χ0n) is 15.0. The summed E-state index contributed by atoms with van der Waals surface area (Å²) in [6.45, 7) is 5.50. The maximum absolute atomic E-state index is 12.8. The molecule has 1 aliphatic heterocycles. The summed E-state index contributed by atoms with van der Waals surface area (Å²) in [5, 5.41) is 2.78. The Labute approximate surface area is 152 Å². The maximum Gasteiger partial charge on any atom is 0.265 e. The van der Waals surface area contributed by atoms with Crippen molar-refractivity contribution in [3.8, 4) is 5.75 Å². The summed E-state index contributed by atoms with van der Waals surface area (Å²) in [5.41, 5.74) is 3.97. The van der Waals surface area contributed by atoms with Crippen LogP contribution >= 0.6 is 0 Å². The lowest BCUT2D eigenvalue weighted by Crippen LogP contribution is -2.14. The summed E-state index contributed by atoms with van der Waals surface area (Å²) in [5.74, 6) is 0.0893. The van der Waals surface area contributed by atoms with Crippen LogP contribution in [0.25, 0.3) is 5.57 Å². The van der Waals surface area contributed by atoms with Crippen LogP contribution in [-0.2, 0) is 14.8 Å². The number of amides is 1. The van der Waals surface area contributed by atoms with E-state index in [2.05, 4.69) is 10.0 Å². The monoisotopic (exact) mass is 372 g/mol. The van der Waals surface area contributed by atoms with E-state index < -0.39 is 10.0 Å². The Morgan fingerprint density at radius 3 is 2.50 bits per heavy atom. The van der Waals surface area contributed by atoms with E-state index in [0.717, 1.165) is 11.1 Å². The number of hydrogen-bond donors (Lipinski definition) is 2. The van der Waals surface area contributed by atoms with Gasteiger partial charge in [0.15, 0.2) is 0 Å². The standard InChI is InChI=1S/C19H20N2O4S/c1-11(2)18-14-10-13(6-7-15(14)20-19(18)22)21-26(23,24)17-9-12(3)5-8-16(17)25-4/h5-10,21H,1-4H3,(H,20,22). The van der Waals surface area contributed by atoms with Crippen LogP contribution in [0.2, 0.25) is 0 Å². The molecule has 0 aliphatic carbocycles. The Morgan fingerprint density at radius 1 is 1.12 bits per heavy atom. The number of nitrogens with one attached hydrogen (secondary N) is 2. The van der Waals surface area contributed by atoms with Crippen LogP contribution in [-0.4, -0.2) is 21.4 Å². The third kappa shape index (κ3) is 3.17. The normalized spacial score (nSPS) is 13.2. The molecule has 2 aromatic rings. The van der Waals surface area contributed by atoms with Crippen LogP contribution in [0.15, 0.2) is 46.9 Å². The van der Waals surface area contributed by atoms with E-state index in [0.29, 0.717) is 22.5 Å². The molecule has 0 unspecified atom stereocenters. The lowest BCUT2D eigenvalue weighted by Gasteiger charge is -2.13. The number of carbonyl (C=O) groups is 1. The van der Waals surface area contributed by atoms with Gasteiger partial charge in [0.2, 0.25) is 0 Å². The first-order chi connectivity index (χ1) is 12.2. The number of fused-ring (bicyclic) bond motifs is 1. The number of ether oxygens (including phenoxy) is 1. The first-order valence-corrected chi connectivity index (χ1v) is 9.52. The summed E-state index contributed by atoms with van der Waals surface area (Å²) < 4.78 is 33.4. The Bertz CT molecular complexity index is 1040. The number of hydrogen-bond acceptors (Lipinski definition) is 4. The number of allylic oxidation sites excluding steroid dienone is 1. The molecule has 0 radical (unpaired) electrons. The van der Waals surface area contributed by atoms with E-state index in [1.165, 1.54) is 7.11 Å². The fraction of sp³-hybridized carbons (Fsp3) is 0.211. The lowest BCUT2D eigenvalue weighted by atomic mass is 10.0. The summed E-state index contributed by atoms with van der Waals surface area (Å²) in [7, 11) is -2.42. The number of sulfonamides is 1. The highest BCUT2D eigenvalue weighted by Gasteiger charge is 2.26. The molecule has 0 saturated heterocycles. The lowest BCUT2D eigenvalue weighted by molar-refractivity contribution is -0.110. The molecule has 0 bridgehead atoms. The molecule has 0 saturated carbocycles. The molecular formula is C19H20N2O4S. The van der Waals surface area contributed by atoms with Gasteiger partial charge in [0.05, 0.1) is 7.11 Å². The highest BCUT2D eigenvalue weighted by atomic mass is 32.2. The van der Waals surface area contributed by atoms with Gasteiger partial charge in [0.1, 0.15) is 10.6 Å². The van der Waals surface area contributed by atoms with Gasteiger partial charge in [-0.3, -0.25) is 9.52 Å². The van der Waals surface area contributed by atoms with Crippen molar-refractivity contribution in [2.24, 2.45) is 0 Å². The Morgan fingerprint density at radius 2 is 1.85 bits per heavy atom. The molecule has 0 atom stereocenters. The van der Waals surface area contributed by atoms with E-state index in [1.54, 1.807) is 36.4 Å². The van der Waals surface area contributed by atoms with Crippen molar-refractivity contribution in [3.05, 3.63) is 53.1 Å². The van der Waals surface area contributed by atoms with Gasteiger partial charge in [0.25, 0.3) is 15.9 Å². The topological polar surface area (TPSA) is 84.5 Å². The smallest absolute Gasteiger partial charge is 0.265 e. The summed E-state index contributed by atoms with van der Waals surface area (Å²) >= 11 is 0. The second kappa shape index (κ2) is 6.49. The van der Waals surface area contributed by atoms with Crippen molar-refractivity contribution in [2.75, 3.05) is 17.1 Å². The quantitative estimate of drug-likeness (QED) is 0.804. The van der Waals surface area contributed by atoms with Gasteiger partial charge in [0, 0.05) is 22.5 Å². The first-order valence-electron chi connectivity index (χ1n) is 8.03. The number of benzene rings is 2. The average molecular weight is 372 g/mol. The molecule has 1 heterocycles. The molecule has 7 heteroatoms. The van der Waals surface area contributed by atoms with Crippen molar-refractivity contribution in [1.82, 2.24) is 0 Å². The Balaban J connectivity index is 2.02. The molecule has 6 nitrogen and oxygen atoms in total. The Kier molecular flexibility index (Phi) is 4.50. The van der Waals surface area contributed by atoms with Gasteiger partial charge in [-0.15, -0.1) is 0 Å². The van der Waals surface area contributed by atoms with Gasteiger partial charge < -0.3 is 10.1 Å². The minimum Gasteiger partial charge on any atom is -0.495 e. The van der Waals surface area contributed by atoms with Gasteiger partial charge >= 0.3 is 0 Å². The highest BCUT2D eigenvalue weighted by Crippen LogP contribution is 2.36. The summed E-state index contributed by atoms with van der Waals surface area (Å²) in [6.07, 6.45) is 0. The number of anilines is 2. The van der Waals surface area contributed by atoms with Crippen LogP contribution in [0.1, 0.15) is 25.0 Å². The fourth-order valence-electron chi connectivity index (χ4n) is 2.93. The molecule has 3 rings (SSSR count). The third-order valence-electron chi connectivity index (χ3n) is 4.13. The van der Waals surface area contributed by atoms with Gasteiger partial charge in [-0.1, -0.05) is 11.6 Å². The SMILES string of the molecule is COc1ccc(C)cc1S(=O)(=O)Nc1ccc2c(c1)C(=C(C)C)C(=O)N2. The summed E-state index contributed by atoms with van der Waals surface area (Å²) in [6, 6.07) is 9.93. The number of aryl methyl sites for hydroxylation is 1. The molecule has 0 spiro atoms. The Hall–Kier alpha value is -2.80. The number of carbonyl (C=O) groups excluding carboxylic acids is 1. The second-order valence-corrected chi connectivity index (χ2v) is 8.00. The molecular weight excluding hydrogens is 352 g/mol. The molecule has 2 aromatic carbocycles. The molecule has 136 valence electrons. The van der Waals surface area contributed by atoms with Crippen molar-refractivity contribution in [2.45, 2.75) is 25.7 Å². The molecule has 0 fully saturated rings. The van der Waals surface area contributed by atoms with E-state index >= 15 is 0 Å². The zero-order chi connectivity index (χ0) is 19.1. The second-order valence-electron chi connectivity index (χ2n) is 6.35. The van der Waals surface area contributed by atoms with Crippen LogP contribution in [0, 0.1) is 6.92 Å². The first kappa shape index (κ1) is 18.0. The van der Waals surface area contributed by atoms with Gasteiger partial charge in [-0.25, -0.2) is 8.42 Å². The van der Waals surface area contributed by atoms with E-state index in [4.69, 9.17) is 4.74 Å². The van der Waals surface area contributed by atoms with Crippen LogP contribution < -0.4 is 14.8 Å². The largest absolute Gasteiger partial charge is 0.495 e. The predicted octanol–water partition coefficient (Wildman–Crippen LogP) is 3.55.